The van der Waals surface area contributed by atoms with Crippen LogP contribution in [0, 0.1) is 11.8 Å². The van der Waals surface area contributed by atoms with Gasteiger partial charge in [0.05, 0.1) is 12.1 Å². The van der Waals surface area contributed by atoms with Crippen LogP contribution in [-0.4, -0.2) is 38.2 Å². The van der Waals surface area contributed by atoms with E-state index in [0.717, 1.165) is 11.0 Å². The zero-order valence-electron chi connectivity index (χ0n) is 14.0. The Labute approximate surface area is 144 Å². The van der Waals surface area contributed by atoms with Gasteiger partial charge in [0.25, 0.3) is 5.91 Å². The van der Waals surface area contributed by atoms with Crippen LogP contribution in [0.25, 0.3) is 11.0 Å². The van der Waals surface area contributed by atoms with Crippen molar-refractivity contribution in [2.24, 2.45) is 0 Å². The third-order valence-corrected chi connectivity index (χ3v) is 3.35. The predicted octanol–water partition coefficient (Wildman–Crippen LogP) is 1.58. The summed E-state index contributed by atoms with van der Waals surface area (Å²) in [5.41, 5.74) is 0.615. The Morgan fingerprint density at radius 1 is 1.32 bits per heavy atom. The SMILES string of the molecule is CC(C)(O)C#Cc1ccc(C(=O)NCCn2nnc3ccccc32)o1. The van der Waals surface area contributed by atoms with Gasteiger partial charge in [-0.05, 0) is 44.0 Å². The fourth-order valence-electron chi connectivity index (χ4n) is 2.19. The van der Waals surface area contributed by atoms with E-state index in [-0.39, 0.29) is 11.7 Å². The average molecular weight is 338 g/mol. The summed E-state index contributed by atoms with van der Waals surface area (Å²) in [7, 11) is 0. The minimum absolute atomic E-state index is 0.170. The summed E-state index contributed by atoms with van der Waals surface area (Å²) in [6.45, 7) is 4.03. The second-order valence-electron chi connectivity index (χ2n) is 6.03. The van der Waals surface area contributed by atoms with Gasteiger partial charge in [0.1, 0.15) is 11.1 Å². The molecule has 0 atom stereocenters. The second-order valence-corrected chi connectivity index (χ2v) is 6.03. The van der Waals surface area contributed by atoms with Crippen molar-refractivity contribution in [1.82, 2.24) is 20.3 Å². The lowest BCUT2D eigenvalue weighted by Crippen LogP contribution is -2.27. The van der Waals surface area contributed by atoms with Gasteiger partial charge < -0.3 is 14.8 Å². The number of nitrogens with one attached hydrogen (secondary N) is 1. The van der Waals surface area contributed by atoms with E-state index >= 15 is 0 Å². The van der Waals surface area contributed by atoms with E-state index in [1.54, 1.807) is 30.7 Å². The summed E-state index contributed by atoms with van der Waals surface area (Å²) >= 11 is 0. The molecular formula is C18H18N4O3. The zero-order valence-corrected chi connectivity index (χ0v) is 14.0. The summed E-state index contributed by atoms with van der Waals surface area (Å²) in [6, 6.07) is 10.8. The number of para-hydroxylation sites is 1. The van der Waals surface area contributed by atoms with Gasteiger partial charge in [0.15, 0.2) is 11.5 Å². The maximum absolute atomic E-state index is 12.1. The van der Waals surface area contributed by atoms with Crippen LogP contribution in [0.5, 0.6) is 0 Å². The first-order valence-corrected chi connectivity index (χ1v) is 7.84. The molecule has 1 aromatic carbocycles. The normalized spacial score (nSPS) is 11.2. The van der Waals surface area contributed by atoms with Gasteiger partial charge in [-0.2, -0.15) is 0 Å². The lowest BCUT2D eigenvalue weighted by molar-refractivity contribution is 0.0923. The highest BCUT2D eigenvalue weighted by atomic mass is 16.3. The third-order valence-electron chi connectivity index (χ3n) is 3.35. The van der Waals surface area contributed by atoms with Crippen LogP contribution in [0.1, 0.15) is 30.2 Å². The van der Waals surface area contributed by atoms with Crippen LogP contribution in [0.3, 0.4) is 0 Å². The molecule has 0 aliphatic heterocycles. The topological polar surface area (TPSA) is 93.2 Å². The van der Waals surface area contributed by atoms with Gasteiger partial charge >= 0.3 is 0 Å². The predicted molar refractivity (Wildman–Crippen MR) is 91.7 cm³/mol. The molecule has 2 aromatic heterocycles. The molecule has 0 aliphatic carbocycles. The van der Waals surface area contributed by atoms with Gasteiger partial charge in [-0.1, -0.05) is 23.3 Å². The van der Waals surface area contributed by atoms with Crippen molar-refractivity contribution >= 4 is 16.9 Å². The van der Waals surface area contributed by atoms with E-state index in [0.29, 0.717) is 18.8 Å². The monoisotopic (exact) mass is 338 g/mol. The Bertz CT molecular complexity index is 954. The largest absolute Gasteiger partial charge is 0.443 e. The summed E-state index contributed by atoms with van der Waals surface area (Å²) in [5, 5.41) is 20.5. The third kappa shape index (κ3) is 4.25. The summed E-state index contributed by atoms with van der Waals surface area (Å²) in [5.74, 6) is 5.49. The van der Waals surface area contributed by atoms with Crippen molar-refractivity contribution in [3.05, 3.63) is 47.9 Å². The number of amides is 1. The van der Waals surface area contributed by atoms with E-state index in [9.17, 15) is 9.90 Å². The van der Waals surface area contributed by atoms with Crippen LogP contribution in [-0.2, 0) is 6.54 Å². The average Bonchev–Trinajstić information content (AvgIpc) is 3.19. The maximum Gasteiger partial charge on any atom is 0.287 e. The van der Waals surface area contributed by atoms with Crippen LogP contribution < -0.4 is 5.32 Å². The zero-order chi connectivity index (χ0) is 17.9. The van der Waals surface area contributed by atoms with E-state index in [4.69, 9.17) is 4.42 Å². The van der Waals surface area contributed by atoms with Crippen molar-refractivity contribution < 1.29 is 14.3 Å². The molecular weight excluding hydrogens is 320 g/mol. The Morgan fingerprint density at radius 3 is 2.92 bits per heavy atom. The molecule has 0 fully saturated rings. The molecule has 0 radical (unpaired) electrons. The number of hydrogen-bond donors (Lipinski definition) is 2. The number of hydrogen-bond acceptors (Lipinski definition) is 5. The summed E-state index contributed by atoms with van der Waals surface area (Å²) in [4.78, 5) is 12.1. The number of aliphatic hydroxyl groups is 1. The standard InChI is InChI=1S/C18H18N4O3/c1-18(2,24)10-9-13-7-8-16(25-13)17(23)19-11-12-22-15-6-4-3-5-14(15)20-21-22/h3-8,24H,11-12H2,1-2H3,(H,19,23). The smallest absolute Gasteiger partial charge is 0.287 e. The van der Waals surface area contributed by atoms with Gasteiger partial charge in [0.2, 0.25) is 0 Å². The fraction of sp³-hybridized carbons (Fsp3) is 0.278. The number of benzene rings is 1. The molecule has 128 valence electrons. The second kappa shape index (κ2) is 6.79. The van der Waals surface area contributed by atoms with Crippen LogP contribution in [0.2, 0.25) is 0 Å². The number of nitrogens with zero attached hydrogens (tertiary/aromatic N) is 3. The Hall–Kier alpha value is -3.11. The van der Waals surface area contributed by atoms with Crippen molar-refractivity contribution in [2.75, 3.05) is 6.54 Å². The maximum atomic E-state index is 12.1. The Morgan fingerprint density at radius 2 is 2.12 bits per heavy atom. The highest BCUT2D eigenvalue weighted by Gasteiger charge is 2.11. The molecule has 3 aromatic rings. The number of carbonyl (C=O) groups excluding carboxylic acids is 1. The molecule has 0 saturated carbocycles. The van der Waals surface area contributed by atoms with Gasteiger partial charge in [0, 0.05) is 6.54 Å². The highest BCUT2D eigenvalue weighted by Crippen LogP contribution is 2.10. The lowest BCUT2D eigenvalue weighted by Gasteiger charge is -2.05. The van der Waals surface area contributed by atoms with Crippen molar-refractivity contribution in [1.29, 1.82) is 0 Å². The highest BCUT2D eigenvalue weighted by molar-refractivity contribution is 5.91. The van der Waals surface area contributed by atoms with Crippen molar-refractivity contribution in [3.8, 4) is 11.8 Å². The first kappa shape index (κ1) is 16.7. The molecule has 0 unspecified atom stereocenters. The van der Waals surface area contributed by atoms with E-state index in [1.165, 1.54) is 0 Å². The van der Waals surface area contributed by atoms with Crippen molar-refractivity contribution in [2.45, 2.75) is 26.0 Å². The quantitative estimate of drug-likeness (QED) is 0.705. The summed E-state index contributed by atoms with van der Waals surface area (Å²) in [6.07, 6.45) is 0. The van der Waals surface area contributed by atoms with Gasteiger partial charge in [-0.25, -0.2) is 4.68 Å². The molecule has 0 spiro atoms. The minimum atomic E-state index is -1.12. The van der Waals surface area contributed by atoms with E-state index in [2.05, 4.69) is 27.5 Å². The van der Waals surface area contributed by atoms with Crippen molar-refractivity contribution in [3.63, 3.8) is 0 Å². The number of fused-ring (bicyclic) bond motifs is 1. The van der Waals surface area contributed by atoms with E-state index in [1.807, 2.05) is 24.3 Å². The molecule has 0 bridgehead atoms. The van der Waals surface area contributed by atoms with Crippen LogP contribution in [0.15, 0.2) is 40.8 Å². The number of aromatic nitrogens is 3. The molecule has 2 heterocycles. The van der Waals surface area contributed by atoms with E-state index < -0.39 is 5.60 Å². The molecule has 7 heteroatoms. The van der Waals surface area contributed by atoms with Gasteiger partial charge in [-0.15, -0.1) is 5.10 Å². The fourth-order valence-corrected chi connectivity index (χ4v) is 2.19. The lowest BCUT2D eigenvalue weighted by atomic mass is 10.1. The molecule has 0 saturated heterocycles. The molecule has 3 rings (SSSR count). The van der Waals surface area contributed by atoms with Crippen LogP contribution >= 0.6 is 0 Å². The number of furan rings is 1. The van der Waals surface area contributed by atoms with Crippen LogP contribution in [0.4, 0.5) is 0 Å². The Balaban J connectivity index is 1.58. The minimum Gasteiger partial charge on any atom is -0.443 e. The molecule has 1 amide bonds. The Kier molecular flexibility index (Phi) is 4.55. The number of rotatable bonds is 4. The molecule has 7 nitrogen and oxygen atoms in total. The number of carbonyl (C=O) groups is 1. The molecule has 2 N–H and O–H groups in total. The van der Waals surface area contributed by atoms with Gasteiger partial charge in [-0.3, -0.25) is 4.79 Å². The first-order valence-electron chi connectivity index (χ1n) is 7.84. The first-order chi connectivity index (χ1) is 11.9. The molecule has 0 aliphatic rings. The molecule has 25 heavy (non-hydrogen) atoms. The summed E-state index contributed by atoms with van der Waals surface area (Å²) < 4.78 is 7.10.